The first-order chi connectivity index (χ1) is 13.6. The molecule has 0 atom stereocenters. The van der Waals surface area contributed by atoms with Crippen molar-refractivity contribution in [3.05, 3.63) is 29.3 Å². The molecule has 0 saturated heterocycles. The van der Waals surface area contributed by atoms with Gasteiger partial charge in [0.1, 0.15) is 18.0 Å². The molecule has 1 amide bonds. The second-order valence-corrected chi connectivity index (χ2v) is 8.51. The number of nitrogens with zero attached hydrogens (tertiary/aromatic N) is 2. The van der Waals surface area contributed by atoms with Crippen LogP contribution in [0.1, 0.15) is 34.6 Å². The van der Waals surface area contributed by atoms with Gasteiger partial charge in [-0.3, -0.25) is 10.00 Å². The molecule has 7 nitrogen and oxygen atoms in total. The van der Waals surface area contributed by atoms with Gasteiger partial charge in [0, 0.05) is 25.3 Å². The molecular weight excluding hydrogens is 394 g/mol. The van der Waals surface area contributed by atoms with Gasteiger partial charge in [0.25, 0.3) is 0 Å². The number of hydrogen-bond donors (Lipinski definition) is 1. The van der Waals surface area contributed by atoms with Gasteiger partial charge >= 0.3 is 6.09 Å². The summed E-state index contributed by atoms with van der Waals surface area (Å²) >= 11 is 6.39. The minimum absolute atomic E-state index is 0.371. The van der Waals surface area contributed by atoms with Gasteiger partial charge in [-0.05, 0) is 44.9 Å². The minimum atomic E-state index is -0.584. The molecule has 0 spiro atoms. The molecule has 1 aromatic carbocycles. The Morgan fingerprint density at radius 2 is 1.97 bits per heavy atom. The number of amides is 1. The van der Waals surface area contributed by atoms with Crippen LogP contribution in [-0.2, 0) is 16.0 Å². The minimum Gasteiger partial charge on any atom is -0.490 e. The molecular formula is C21H30ClN3O4. The van der Waals surface area contributed by atoms with Gasteiger partial charge in [-0.1, -0.05) is 25.4 Å². The average Bonchev–Trinajstić information content (AvgIpc) is 2.96. The lowest BCUT2D eigenvalue weighted by molar-refractivity contribution is 0.0635. The van der Waals surface area contributed by atoms with Crippen LogP contribution >= 0.6 is 11.6 Å². The molecule has 1 N–H and O–H groups in total. The van der Waals surface area contributed by atoms with Crippen LogP contribution in [0.5, 0.6) is 5.75 Å². The number of methoxy groups -OCH3 is 1. The number of carbonyl (C=O) groups is 1. The Balaban J connectivity index is 2.27. The summed E-state index contributed by atoms with van der Waals surface area (Å²) in [7, 11) is 1.62. The van der Waals surface area contributed by atoms with E-state index >= 15 is 0 Å². The van der Waals surface area contributed by atoms with Crippen LogP contribution in [0.4, 0.5) is 10.6 Å². The topological polar surface area (TPSA) is 74.6 Å². The van der Waals surface area contributed by atoms with Crippen molar-refractivity contribution in [2.45, 2.75) is 46.8 Å². The summed E-state index contributed by atoms with van der Waals surface area (Å²) in [5, 5.41) is 7.72. The standard InChI is InChI=1S/C21H30ClN3O4/c1-14(2)13-25-17(12-19(24-25)23-20(26)29-21(3,4)5)15-7-8-18(16(22)11-15)28-10-9-27-6/h7-8,11-12,14H,9-10,13H2,1-6H3,(H,23,24,26). The average molecular weight is 424 g/mol. The summed E-state index contributed by atoms with van der Waals surface area (Å²) in [6.45, 7) is 11.2. The fourth-order valence-corrected chi connectivity index (χ4v) is 2.85. The van der Waals surface area contributed by atoms with E-state index < -0.39 is 11.7 Å². The maximum Gasteiger partial charge on any atom is 0.413 e. The van der Waals surface area contributed by atoms with Crippen LogP contribution < -0.4 is 10.1 Å². The smallest absolute Gasteiger partial charge is 0.413 e. The Morgan fingerprint density at radius 1 is 1.24 bits per heavy atom. The van der Waals surface area contributed by atoms with Crippen molar-refractivity contribution in [3.8, 4) is 17.0 Å². The third kappa shape index (κ3) is 7.25. The molecule has 160 valence electrons. The highest BCUT2D eigenvalue weighted by molar-refractivity contribution is 6.32. The molecule has 0 aliphatic rings. The maximum atomic E-state index is 12.1. The monoisotopic (exact) mass is 423 g/mol. The molecule has 1 aromatic heterocycles. The van der Waals surface area contributed by atoms with Crippen LogP contribution in [0.3, 0.4) is 0 Å². The molecule has 0 bridgehead atoms. The van der Waals surface area contributed by atoms with Crippen molar-refractivity contribution < 1.29 is 19.0 Å². The Bertz CT molecular complexity index is 828. The predicted molar refractivity (Wildman–Crippen MR) is 115 cm³/mol. The summed E-state index contributed by atoms with van der Waals surface area (Å²) in [5.41, 5.74) is 1.13. The summed E-state index contributed by atoms with van der Waals surface area (Å²) in [6, 6.07) is 7.37. The van der Waals surface area contributed by atoms with Crippen LogP contribution in [0.25, 0.3) is 11.3 Å². The van der Waals surface area contributed by atoms with Gasteiger partial charge in [0.2, 0.25) is 0 Å². The van der Waals surface area contributed by atoms with Crippen molar-refractivity contribution in [1.29, 1.82) is 0 Å². The highest BCUT2D eigenvalue weighted by Gasteiger charge is 2.19. The molecule has 2 aromatic rings. The summed E-state index contributed by atoms with van der Waals surface area (Å²) in [4.78, 5) is 12.1. The van der Waals surface area contributed by atoms with Crippen LogP contribution in [0.15, 0.2) is 24.3 Å². The molecule has 0 aliphatic carbocycles. The van der Waals surface area contributed by atoms with Gasteiger partial charge in [0.15, 0.2) is 5.82 Å². The van der Waals surface area contributed by atoms with E-state index in [0.29, 0.717) is 42.3 Å². The molecule has 0 radical (unpaired) electrons. The lowest BCUT2D eigenvalue weighted by atomic mass is 10.1. The van der Waals surface area contributed by atoms with E-state index in [9.17, 15) is 4.79 Å². The fourth-order valence-electron chi connectivity index (χ4n) is 2.62. The zero-order valence-corrected chi connectivity index (χ0v) is 18.7. The molecule has 8 heteroatoms. The number of benzene rings is 1. The normalized spacial score (nSPS) is 11.6. The van der Waals surface area contributed by atoms with Crippen molar-refractivity contribution in [2.24, 2.45) is 5.92 Å². The lowest BCUT2D eigenvalue weighted by Crippen LogP contribution is -2.27. The predicted octanol–water partition coefficient (Wildman–Crippen LogP) is 5.23. The Kier molecular flexibility index (Phi) is 7.93. The Labute approximate surface area is 177 Å². The van der Waals surface area contributed by atoms with Gasteiger partial charge < -0.3 is 14.2 Å². The Hall–Kier alpha value is -2.25. The number of rotatable bonds is 8. The molecule has 2 rings (SSSR count). The quantitative estimate of drug-likeness (QED) is 0.588. The van der Waals surface area contributed by atoms with Gasteiger partial charge in [-0.25, -0.2) is 4.79 Å². The number of aromatic nitrogens is 2. The second-order valence-electron chi connectivity index (χ2n) is 8.10. The first-order valence-corrected chi connectivity index (χ1v) is 9.96. The number of nitrogens with one attached hydrogen (secondary N) is 1. The van der Waals surface area contributed by atoms with Gasteiger partial charge in [-0.15, -0.1) is 0 Å². The SMILES string of the molecule is COCCOc1ccc(-c2cc(NC(=O)OC(C)(C)C)nn2CC(C)C)cc1Cl. The molecule has 1 heterocycles. The van der Waals surface area contributed by atoms with Crippen LogP contribution in [-0.4, -0.2) is 41.8 Å². The number of anilines is 1. The summed E-state index contributed by atoms with van der Waals surface area (Å²) < 4.78 is 17.8. The van der Waals surface area contributed by atoms with Gasteiger partial charge in [-0.2, -0.15) is 5.10 Å². The van der Waals surface area contributed by atoms with E-state index in [1.165, 1.54) is 0 Å². The number of ether oxygens (including phenoxy) is 3. The maximum absolute atomic E-state index is 12.1. The first kappa shape index (κ1) is 23.0. The van der Waals surface area contributed by atoms with E-state index in [4.69, 9.17) is 25.8 Å². The highest BCUT2D eigenvalue weighted by atomic mass is 35.5. The largest absolute Gasteiger partial charge is 0.490 e. The zero-order chi connectivity index (χ0) is 21.6. The zero-order valence-electron chi connectivity index (χ0n) is 17.9. The van der Waals surface area contributed by atoms with Crippen molar-refractivity contribution in [3.63, 3.8) is 0 Å². The van der Waals surface area contributed by atoms with Gasteiger partial charge in [0.05, 0.1) is 17.3 Å². The van der Waals surface area contributed by atoms with Crippen molar-refractivity contribution in [2.75, 3.05) is 25.6 Å². The molecule has 29 heavy (non-hydrogen) atoms. The molecule has 0 saturated carbocycles. The van der Waals surface area contributed by atoms with Crippen LogP contribution in [0, 0.1) is 5.92 Å². The summed E-state index contributed by atoms with van der Waals surface area (Å²) in [5.74, 6) is 1.39. The second kappa shape index (κ2) is 9.98. The van der Waals surface area contributed by atoms with E-state index in [1.807, 2.05) is 49.7 Å². The summed E-state index contributed by atoms with van der Waals surface area (Å²) in [6.07, 6.45) is -0.543. The van der Waals surface area contributed by atoms with E-state index in [0.717, 1.165) is 11.3 Å². The third-order valence-corrected chi connectivity index (χ3v) is 4.02. The number of halogens is 1. The number of carbonyl (C=O) groups excluding carboxylic acids is 1. The lowest BCUT2D eigenvalue weighted by Gasteiger charge is -2.19. The molecule has 0 unspecified atom stereocenters. The first-order valence-electron chi connectivity index (χ1n) is 9.58. The number of hydrogen-bond acceptors (Lipinski definition) is 5. The highest BCUT2D eigenvalue weighted by Crippen LogP contribution is 2.32. The van der Waals surface area contributed by atoms with E-state index in [1.54, 1.807) is 7.11 Å². The fraction of sp³-hybridized carbons (Fsp3) is 0.524. The van der Waals surface area contributed by atoms with E-state index in [2.05, 4.69) is 24.3 Å². The molecule has 0 aliphatic heterocycles. The van der Waals surface area contributed by atoms with E-state index in [-0.39, 0.29) is 0 Å². The van der Waals surface area contributed by atoms with Crippen LogP contribution in [0.2, 0.25) is 5.02 Å². The third-order valence-electron chi connectivity index (χ3n) is 3.72. The molecule has 0 fully saturated rings. The van der Waals surface area contributed by atoms with Crippen molar-refractivity contribution in [1.82, 2.24) is 9.78 Å². The Morgan fingerprint density at radius 3 is 2.55 bits per heavy atom. The van der Waals surface area contributed by atoms with Crippen molar-refractivity contribution >= 4 is 23.5 Å².